The predicted molar refractivity (Wildman–Crippen MR) is 125 cm³/mol. The molecule has 2 aliphatic heterocycles. The third-order valence-corrected chi connectivity index (χ3v) is 6.39. The van der Waals surface area contributed by atoms with E-state index in [2.05, 4.69) is 10.6 Å². The van der Waals surface area contributed by atoms with E-state index in [-0.39, 0.29) is 29.3 Å². The van der Waals surface area contributed by atoms with Gasteiger partial charge in [-0.3, -0.25) is 9.59 Å². The van der Waals surface area contributed by atoms with E-state index in [4.69, 9.17) is 0 Å². The quantitative estimate of drug-likeness (QED) is 0.750. The lowest BCUT2D eigenvalue weighted by atomic mass is 9.87. The molecule has 0 saturated carbocycles. The topological polar surface area (TPSA) is 81.8 Å². The van der Waals surface area contributed by atoms with Crippen molar-refractivity contribution in [2.24, 2.45) is 5.92 Å². The largest absolute Gasteiger partial charge is 0.341 e. The van der Waals surface area contributed by atoms with Crippen molar-refractivity contribution in [3.05, 3.63) is 35.4 Å². The van der Waals surface area contributed by atoms with Crippen LogP contribution >= 0.6 is 0 Å². The van der Waals surface area contributed by atoms with Crippen molar-refractivity contribution >= 4 is 17.8 Å². The molecular formula is C25H38N4O3. The molecule has 1 aromatic rings. The Hall–Kier alpha value is -2.57. The monoisotopic (exact) mass is 442 g/mol. The third-order valence-electron chi connectivity index (χ3n) is 6.39. The van der Waals surface area contributed by atoms with Crippen molar-refractivity contribution < 1.29 is 14.4 Å². The van der Waals surface area contributed by atoms with Crippen molar-refractivity contribution in [1.82, 2.24) is 20.4 Å². The number of amides is 4. The van der Waals surface area contributed by atoms with Crippen LogP contribution in [0.25, 0.3) is 0 Å². The average Bonchev–Trinajstić information content (AvgIpc) is 2.77. The highest BCUT2D eigenvalue weighted by atomic mass is 16.2. The van der Waals surface area contributed by atoms with Crippen molar-refractivity contribution in [3.63, 3.8) is 0 Å². The molecule has 2 N–H and O–H groups in total. The van der Waals surface area contributed by atoms with Crippen LogP contribution in [0.5, 0.6) is 0 Å². The van der Waals surface area contributed by atoms with Gasteiger partial charge in [0.1, 0.15) is 6.04 Å². The maximum Gasteiger partial charge on any atom is 0.317 e. The van der Waals surface area contributed by atoms with Crippen LogP contribution in [0.3, 0.4) is 0 Å². The zero-order valence-electron chi connectivity index (χ0n) is 19.9. The predicted octanol–water partition coefficient (Wildman–Crippen LogP) is 3.33. The van der Waals surface area contributed by atoms with Crippen molar-refractivity contribution in [3.8, 4) is 0 Å². The summed E-state index contributed by atoms with van der Waals surface area (Å²) < 4.78 is 0. The molecule has 4 amide bonds. The Morgan fingerprint density at radius 3 is 2.16 bits per heavy atom. The highest BCUT2D eigenvalue weighted by Crippen LogP contribution is 2.24. The zero-order valence-corrected chi connectivity index (χ0v) is 19.9. The van der Waals surface area contributed by atoms with E-state index in [1.165, 1.54) is 0 Å². The molecule has 1 aromatic carbocycles. The van der Waals surface area contributed by atoms with E-state index < -0.39 is 6.04 Å². The molecule has 2 saturated heterocycles. The summed E-state index contributed by atoms with van der Waals surface area (Å²) in [6.07, 6.45) is 4.54. The molecule has 176 valence electrons. The van der Waals surface area contributed by atoms with Gasteiger partial charge in [-0.25, -0.2) is 4.79 Å². The zero-order chi connectivity index (χ0) is 23.3. The molecule has 7 heteroatoms. The van der Waals surface area contributed by atoms with Gasteiger partial charge in [-0.1, -0.05) is 18.2 Å². The first-order valence-electron chi connectivity index (χ1n) is 11.9. The fourth-order valence-corrected chi connectivity index (χ4v) is 4.57. The number of aryl methyl sites for hydroxylation is 1. The third kappa shape index (κ3) is 6.24. The van der Waals surface area contributed by atoms with Crippen LogP contribution in [-0.4, -0.2) is 65.4 Å². The minimum atomic E-state index is -0.562. The summed E-state index contributed by atoms with van der Waals surface area (Å²) in [6.45, 7) is 10.5. The lowest BCUT2D eigenvalue weighted by Crippen LogP contribution is -2.57. The number of rotatable bonds is 4. The number of piperidine rings is 2. The summed E-state index contributed by atoms with van der Waals surface area (Å²) in [6, 6.07) is 6.82. The summed E-state index contributed by atoms with van der Waals surface area (Å²) in [5.74, 6) is -0.174. The number of likely N-dealkylation sites (tertiary alicyclic amines) is 2. The molecule has 2 aliphatic rings. The number of carbonyl (C=O) groups is 3. The van der Waals surface area contributed by atoms with E-state index in [1.54, 1.807) is 6.07 Å². The van der Waals surface area contributed by atoms with Gasteiger partial charge in [-0.15, -0.1) is 0 Å². The summed E-state index contributed by atoms with van der Waals surface area (Å²) >= 11 is 0. The van der Waals surface area contributed by atoms with Crippen LogP contribution in [0.1, 0.15) is 68.8 Å². The second-order valence-electron chi connectivity index (χ2n) is 10.2. The van der Waals surface area contributed by atoms with Gasteiger partial charge in [-0.05, 0) is 77.3 Å². The fourth-order valence-electron chi connectivity index (χ4n) is 4.57. The first-order chi connectivity index (χ1) is 15.2. The molecule has 2 fully saturated rings. The molecule has 32 heavy (non-hydrogen) atoms. The minimum absolute atomic E-state index is 0.0103. The van der Waals surface area contributed by atoms with E-state index in [0.717, 1.165) is 37.9 Å². The normalized spacial score (nSPS) is 18.8. The molecule has 7 nitrogen and oxygen atoms in total. The number of benzene rings is 1. The van der Waals surface area contributed by atoms with Gasteiger partial charge in [0.2, 0.25) is 5.91 Å². The van der Waals surface area contributed by atoms with E-state index in [9.17, 15) is 14.4 Å². The lowest BCUT2D eigenvalue weighted by molar-refractivity contribution is -0.136. The second kappa shape index (κ2) is 10.4. The summed E-state index contributed by atoms with van der Waals surface area (Å²) in [5, 5.41) is 6.08. The second-order valence-corrected chi connectivity index (χ2v) is 10.2. The van der Waals surface area contributed by atoms with Crippen LogP contribution in [0.4, 0.5) is 4.79 Å². The van der Waals surface area contributed by atoms with Gasteiger partial charge in [0, 0.05) is 37.3 Å². The Bertz CT molecular complexity index is 819. The maximum atomic E-state index is 13.5. The number of carbonyl (C=O) groups excluding carboxylic acids is 3. The Balaban J connectivity index is 1.71. The van der Waals surface area contributed by atoms with Gasteiger partial charge in [-0.2, -0.15) is 0 Å². The summed E-state index contributed by atoms with van der Waals surface area (Å²) in [5.41, 5.74) is 1.20. The van der Waals surface area contributed by atoms with Gasteiger partial charge in [0.05, 0.1) is 0 Å². The Morgan fingerprint density at radius 1 is 0.938 bits per heavy atom. The van der Waals surface area contributed by atoms with Crippen LogP contribution in [-0.2, 0) is 4.79 Å². The molecule has 2 heterocycles. The molecule has 0 aromatic heterocycles. The first-order valence-corrected chi connectivity index (χ1v) is 11.9. The fraction of sp³-hybridized carbons (Fsp3) is 0.640. The lowest BCUT2D eigenvalue weighted by Gasteiger charge is -2.39. The van der Waals surface area contributed by atoms with Gasteiger partial charge in [0.15, 0.2) is 0 Å². The van der Waals surface area contributed by atoms with Crippen LogP contribution in [0.2, 0.25) is 0 Å². The average molecular weight is 443 g/mol. The van der Waals surface area contributed by atoms with Gasteiger partial charge in [0.25, 0.3) is 5.91 Å². The molecule has 3 rings (SSSR count). The van der Waals surface area contributed by atoms with Crippen molar-refractivity contribution in [2.75, 3.05) is 26.2 Å². The molecular weight excluding hydrogens is 404 g/mol. The first kappa shape index (κ1) is 24.1. The van der Waals surface area contributed by atoms with Crippen LogP contribution < -0.4 is 10.6 Å². The highest BCUT2D eigenvalue weighted by molar-refractivity contribution is 5.98. The molecule has 0 spiro atoms. The van der Waals surface area contributed by atoms with E-state index in [1.807, 2.05) is 55.7 Å². The molecule has 0 aliphatic carbocycles. The maximum absolute atomic E-state index is 13.5. The SMILES string of the molecule is Cc1ccccc1C(=O)N[C@H](C(=O)N1CCCCC1)C1CCN(C(=O)NC(C)(C)C)CC1. The summed E-state index contributed by atoms with van der Waals surface area (Å²) in [4.78, 5) is 42.8. The smallest absolute Gasteiger partial charge is 0.317 e. The Labute approximate surface area is 191 Å². The number of hydrogen-bond acceptors (Lipinski definition) is 3. The highest BCUT2D eigenvalue weighted by Gasteiger charge is 2.37. The molecule has 1 atom stereocenters. The molecule has 0 unspecified atom stereocenters. The van der Waals surface area contributed by atoms with Crippen molar-refractivity contribution in [1.29, 1.82) is 0 Å². The van der Waals surface area contributed by atoms with Crippen LogP contribution in [0, 0.1) is 12.8 Å². The van der Waals surface area contributed by atoms with Gasteiger partial charge < -0.3 is 20.4 Å². The molecule has 0 radical (unpaired) electrons. The number of nitrogens with one attached hydrogen (secondary N) is 2. The number of urea groups is 1. The Morgan fingerprint density at radius 2 is 1.56 bits per heavy atom. The standard InChI is InChI=1S/C25H38N4O3/c1-18-10-6-7-11-20(18)22(30)26-21(23(31)28-14-8-5-9-15-28)19-12-16-29(17-13-19)24(32)27-25(2,3)4/h6-7,10-11,19,21H,5,8-9,12-17H2,1-4H3,(H,26,30)(H,27,32)/t21-/m0/s1. The van der Waals surface area contributed by atoms with Crippen molar-refractivity contribution in [2.45, 2.75) is 71.4 Å². The molecule has 0 bridgehead atoms. The van der Waals surface area contributed by atoms with Crippen LogP contribution in [0.15, 0.2) is 24.3 Å². The number of hydrogen-bond donors (Lipinski definition) is 2. The van der Waals surface area contributed by atoms with E-state index in [0.29, 0.717) is 31.5 Å². The van der Waals surface area contributed by atoms with Gasteiger partial charge >= 0.3 is 6.03 Å². The minimum Gasteiger partial charge on any atom is -0.341 e. The van der Waals surface area contributed by atoms with E-state index >= 15 is 0 Å². The Kier molecular flexibility index (Phi) is 7.80. The summed E-state index contributed by atoms with van der Waals surface area (Å²) in [7, 11) is 0. The number of nitrogens with zero attached hydrogens (tertiary/aromatic N) is 2.